The molecular weight excluding hydrogens is 396 g/mol. The minimum atomic E-state index is -4.01. The molecule has 0 saturated heterocycles. The van der Waals surface area contributed by atoms with Gasteiger partial charge in [0.15, 0.2) is 17.2 Å². The maximum Gasteiger partial charge on any atom is 0.244 e. The van der Waals surface area contributed by atoms with E-state index in [1.165, 1.54) is 18.2 Å². The van der Waals surface area contributed by atoms with Crippen molar-refractivity contribution in [2.75, 3.05) is 12.0 Å². The van der Waals surface area contributed by atoms with E-state index in [9.17, 15) is 13.5 Å². The minimum Gasteiger partial charge on any atom is -0.505 e. The fourth-order valence-corrected chi connectivity index (χ4v) is 4.59. The summed E-state index contributed by atoms with van der Waals surface area (Å²) in [7, 11) is -4.01. The van der Waals surface area contributed by atoms with Crippen molar-refractivity contribution in [3.8, 4) is 5.75 Å². The van der Waals surface area contributed by atoms with Crippen LogP contribution in [0.5, 0.6) is 5.75 Å². The summed E-state index contributed by atoms with van der Waals surface area (Å²) in [6, 6.07) is 9.04. The number of halogens is 1. The molecule has 1 atom stereocenters. The molecule has 26 heavy (non-hydrogen) atoms. The van der Waals surface area contributed by atoms with Crippen LogP contribution >= 0.6 is 23.4 Å². The van der Waals surface area contributed by atoms with E-state index >= 15 is 0 Å². The van der Waals surface area contributed by atoms with Crippen LogP contribution in [0.15, 0.2) is 47.5 Å². The molecule has 2 aromatic heterocycles. The standard InChI is InChI=1S/C16H17ClN4O3S2/c1-25-10-8-12(16-19-18-14-7-2-3-9-21(14)16)20-26(23,24)13-6-4-5-11(17)15(13)22/h2-7,9,12,20,22H,8,10H2,1H3. The molecule has 2 N–H and O–H groups in total. The van der Waals surface area contributed by atoms with Gasteiger partial charge < -0.3 is 5.11 Å². The summed E-state index contributed by atoms with van der Waals surface area (Å²) >= 11 is 7.44. The van der Waals surface area contributed by atoms with Gasteiger partial charge in [-0.05, 0) is 42.7 Å². The maximum absolute atomic E-state index is 12.8. The number of hydrogen-bond donors (Lipinski definition) is 2. The second kappa shape index (κ2) is 7.83. The monoisotopic (exact) mass is 412 g/mol. The molecule has 3 rings (SSSR count). The summed E-state index contributed by atoms with van der Waals surface area (Å²) in [5.41, 5.74) is 0.626. The van der Waals surface area contributed by atoms with E-state index in [1.807, 2.05) is 18.4 Å². The highest BCUT2D eigenvalue weighted by Gasteiger charge is 2.27. The molecule has 0 aliphatic carbocycles. The number of benzene rings is 1. The highest BCUT2D eigenvalue weighted by Crippen LogP contribution is 2.31. The van der Waals surface area contributed by atoms with Crippen LogP contribution < -0.4 is 4.72 Å². The molecule has 0 bridgehead atoms. The largest absolute Gasteiger partial charge is 0.505 e. The minimum absolute atomic E-state index is 0.0264. The van der Waals surface area contributed by atoms with Gasteiger partial charge in [-0.2, -0.15) is 11.8 Å². The van der Waals surface area contributed by atoms with Crippen LogP contribution in [0.2, 0.25) is 5.02 Å². The van der Waals surface area contributed by atoms with Crippen molar-refractivity contribution in [1.29, 1.82) is 0 Å². The second-order valence-corrected chi connectivity index (χ2v) is 8.60. The van der Waals surface area contributed by atoms with Crippen LogP contribution in [0, 0.1) is 0 Å². The highest BCUT2D eigenvalue weighted by molar-refractivity contribution is 7.98. The first kappa shape index (κ1) is 19.0. The molecule has 0 fully saturated rings. The van der Waals surface area contributed by atoms with Crippen LogP contribution in [-0.4, -0.2) is 40.1 Å². The van der Waals surface area contributed by atoms with Gasteiger partial charge in [0, 0.05) is 6.20 Å². The Balaban J connectivity index is 2.00. The van der Waals surface area contributed by atoms with Crippen LogP contribution in [0.3, 0.4) is 0 Å². The van der Waals surface area contributed by atoms with E-state index in [0.29, 0.717) is 17.9 Å². The van der Waals surface area contributed by atoms with Crippen molar-refractivity contribution in [2.45, 2.75) is 17.4 Å². The predicted octanol–water partition coefficient (Wildman–Crippen LogP) is 2.86. The summed E-state index contributed by atoms with van der Waals surface area (Å²) in [5, 5.41) is 18.2. The van der Waals surface area contributed by atoms with Crippen LogP contribution in [0.4, 0.5) is 0 Å². The van der Waals surface area contributed by atoms with Gasteiger partial charge in [0.25, 0.3) is 0 Å². The molecule has 0 radical (unpaired) electrons. The van der Waals surface area contributed by atoms with Gasteiger partial charge in [0.05, 0.1) is 11.1 Å². The van der Waals surface area contributed by atoms with Crippen molar-refractivity contribution >= 4 is 39.0 Å². The van der Waals surface area contributed by atoms with E-state index in [1.54, 1.807) is 28.4 Å². The summed E-state index contributed by atoms with van der Waals surface area (Å²) in [4.78, 5) is -0.270. The summed E-state index contributed by atoms with van der Waals surface area (Å²) in [5.74, 6) is 0.729. The fourth-order valence-electron chi connectivity index (χ4n) is 2.54. The number of para-hydroxylation sites is 1. The number of nitrogens with one attached hydrogen (secondary N) is 1. The molecule has 1 aromatic carbocycles. The van der Waals surface area contributed by atoms with Gasteiger partial charge in [-0.1, -0.05) is 23.7 Å². The first-order chi connectivity index (χ1) is 12.4. The normalized spacial score (nSPS) is 13.2. The third-order valence-corrected chi connectivity index (χ3v) is 6.25. The Morgan fingerprint density at radius 1 is 1.27 bits per heavy atom. The number of fused-ring (bicyclic) bond motifs is 1. The zero-order chi connectivity index (χ0) is 18.7. The average molecular weight is 413 g/mol. The lowest BCUT2D eigenvalue weighted by Gasteiger charge is -2.18. The first-order valence-electron chi connectivity index (χ1n) is 7.72. The first-order valence-corrected chi connectivity index (χ1v) is 11.0. The summed E-state index contributed by atoms with van der Waals surface area (Å²) < 4.78 is 30.0. The predicted molar refractivity (Wildman–Crippen MR) is 102 cm³/mol. The Morgan fingerprint density at radius 3 is 2.85 bits per heavy atom. The SMILES string of the molecule is CSCCC(NS(=O)(=O)c1cccc(Cl)c1O)c1nnc2ccccn12. The molecule has 0 spiro atoms. The molecule has 0 saturated carbocycles. The van der Waals surface area contributed by atoms with Crippen molar-refractivity contribution < 1.29 is 13.5 Å². The number of aromatic hydroxyl groups is 1. The molecule has 1 unspecified atom stereocenters. The topological polar surface area (TPSA) is 96.6 Å². The van der Waals surface area contributed by atoms with Crippen LogP contribution in [0.25, 0.3) is 5.65 Å². The Hall–Kier alpha value is -1.81. The Bertz CT molecular complexity index is 1020. The van der Waals surface area contributed by atoms with Crippen LogP contribution in [-0.2, 0) is 10.0 Å². The van der Waals surface area contributed by atoms with Gasteiger partial charge in [0.1, 0.15) is 4.90 Å². The Kier molecular flexibility index (Phi) is 5.71. The number of aromatic nitrogens is 3. The van der Waals surface area contributed by atoms with E-state index in [-0.39, 0.29) is 9.92 Å². The molecule has 10 heteroatoms. The zero-order valence-corrected chi connectivity index (χ0v) is 16.2. The van der Waals surface area contributed by atoms with E-state index < -0.39 is 21.8 Å². The van der Waals surface area contributed by atoms with Gasteiger partial charge >= 0.3 is 0 Å². The van der Waals surface area contributed by atoms with Crippen molar-refractivity contribution in [3.63, 3.8) is 0 Å². The molecule has 0 aliphatic heterocycles. The number of pyridine rings is 1. The Labute approximate surface area is 160 Å². The zero-order valence-electron chi connectivity index (χ0n) is 13.8. The number of hydrogen-bond acceptors (Lipinski definition) is 6. The van der Waals surface area contributed by atoms with E-state index in [0.717, 1.165) is 5.75 Å². The quantitative estimate of drug-likeness (QED) is 0.619. The van der Waals surface area contributed by atoms with Crippen LogP contribution in [0.1, 0.15) is 18.3 Å². The maximum atomic E-state index is 12.8. The summed E-state index contributed by atoms with van der Waals surface area (Å²) in [6.45, 7) is 0. The van der Waals surface area contributed by atoms with Crippen molar-refractivity contribution in [2.24, 2.45) is 0 Å². The molecule has 3 aromatic rings. The molecule has 7 nitrogen and oxygen atoms in total. The van der Waals surface area contributed by atoms with Gasteiger partial charge in [-0.15, -0.1) is 10.2 Å². The van der Waals surface area contributed by atoms with Crippen molar-refractivity contribution in [3.05, 3.63) is 53.4 Å². The number of rotatable bonds is 7. The lowest BCUT2D eigenvalue weighted by Crippen LogP contribution is -2.30. The lowest BCUT2D eigenvalue weighted by atomic mass is 10.2. The van der Waals surface area contributed by atoms with Gasteiger partial charge in [-0.25, -0.2) is 13.1 Å². The third kappa shape index (κ3) is 3.80. The van der Waals surface area contributed by atoms with Crippen molar-refractivity contribution in [1.82, 2.24) is 19.3 Å². The molecule has 0 amide bonds. The lowest BCUT2D eigenvalue weighted by molar-refractivity contribution is 0.456. The second-order valence-electron chi connectivity index (χ2n) is 5.53. The number of thioether (sulfide) groups is 1. The number of sulfonamides is 1. The Morgan fingerprint density at radius 2 is 2.08 bits per heavy atom. The van der Waals surface area contributed by atoms with Gasteiger partial charge in [0.2, 0.25) is 10.0 Å². The number of nitrogens with zero attached hydrogens (tertiary/aromatic N) is 3. The van der Waals surface area contributed by atoms with E-state index in [2.05, 4.69) is 14.9 Å². The smallest absolute Gasteiger partial charge is 0.244 e. The number of phenols is 1. The molecule has 2 heterocycles. The fraction of sp³-hybridized carbons (Fsp3) is 0.250. The molecule has 0 aliphatic rings. The molecular formula is C16H17ClN4O3S2. The third-order valence-electron chi connectivity index (χ3n) is 3.80. The van der Waals surface area contributed by atoms with Gasteiger partial charge in [-0.3, -0.25) is 4.40 Å². The summed E-state index contributed by atoms with van der Waals surface area (Å²) in [6.07, 6.45) is 4.23. The highest BCUT2D eigenvalue weighted by atomic mass is 35.5. The van der Waals surface area contributed by atoms with E-state index in [4.69, 9.17) is 11.6 Å². The molecule has 138 valence electrons. The number of phenolic OH excluding ortho intramolecular Hbond substituents is 1. The average Bonchev–Trinajstić information content (AvgIpc) is 3.05.